The van der Waals surface area contributed by atoms with Gasteiger partial charge in [0.2, 0.25) is 11.8 Å². The van der Waals surface area contributed by atoms with Crippen molar-refractivity contribution in [2.24, 2.45) is 11.5 Å². The van der Waals surface area contributed by atoms with Crippen LogP contribution in [0.15, 0.2) is 66.9 Å². The molecule has 1 fully saturated rings. The second kappa shape index (κ2) is 11.7. The van der Waals surface area contributed by atoms with E-state index in [0.29, 0.717) is 31.9 Å². The van der Waals surface area contributed by atoms with Gasteiger partial charge >= 0.3 is 0 Å². The number of anilines is 1. The highest BCUT2D eigenvalue weighted by molar-refractivity contribution is 5.78. The Hall–Kier alpha value is -4.24. The smallest absolute Gasteiger partial charge is 0.224 e. The number of primary amides is 1. The van der Waals surface area contributed by atoms with Gasteiger partial charge in [0.1, 0.15) is 11.6 Å². The van der Waals surface area contributed by atoms with Crippen molar-refractivity contribution in [1.29, 1.82) is 0 Å². The van der Waals surface area contributed by atoms with Crippen molar-refractivity contribution < 1.29 is 9.59 Å². The molecule has 0 aliphatic carbocycles. The van der Waals surface area contributed by atoms with E-state index in [1.165, 1.54) is 0 Å². The molecule has 4 aromatic rings. The number of likely N-dealkylation sites (tertiary alicyclic amines) is 1. The van der Waals surface area contributed by atoms with E-state index in [9.17, 15) is 9.59 Å². The number of aromatic nitrogens is 3. The Bertz CT molecular complexity index is 1450. The fourth-order valence-corrected chi connectivity index (χ4v) is 5.41. The second-order valence-corrected chi connectivity index (χ2v) is 10.3. The predicted octanol–water partition coefficient (Wildman–Crippen LogP) is 3.22. The minimum absolute atomic E-state index is 0.0663. The van der Waals surface area contributed by atoms with E-state index in [4.69, 9.17) is 22.2 Å². The molecule has 2 unspecified atom stereocenters. The van der Waals surface area contributed by atoms with E-state index in [0.717, 1.165) is 46.4 Å². The van der Waals surface area contributed by atoms with Gasteiger partial charge in [-0.25, -0.2) is 9.97 Å². The van der Waals surface area contributed by atoms with Crippen LogP contribution in [0.4, 0.5) is 5.82 Å². The molecule has 2 atom stereocenters. The minimum atomic E-state index is -0.343. The number of hydrogen-bond donors (Lipinski definition) is 3. The molecular weight excluding hydrogens is 490 g/mol. The SMILES string of the molecule is NC(=O)CCn1c(C2CCCN(C(=O)CC(N)Cc3ccc(-c4ccc(N)nc4)cc3)C2)nc2ccccc21. The van der Waals surface area contributed by atoms with Crippen LogP contribution in [0.1, 0.15) is 43.0 Å². The normalized spacial score (nSPS) is 16.3. The van der Waals surface area contributed by atoms with Crippen LogP contribution >= 0.6 is 0 Å². The van der Waals surface area contributed by atoms with Gasteiger partial charge in [0.25, 0.3) is 0 Å². The van der Waals surface area contributed by atoms with Gasteiger partial charge in [0, 0.05) is 56.2 Å². The summed E-state index contributed by atoms with van der Waals surface area (Å²) in [6, 6.07) is 19.5. The number of hydrogen-bond acceptors (Lipinski definition) is 6. The molecular formula is C30H35N7O2. The number of benzene rings is 2. The summed E-state index contributed by atoms with van der Waals surface area (Å²) in [5, 5.41) is 0. The Kier molecular flexibility index (Phi) is 7.88. The van der Waals surface area contributed by atoms with E-state index in [2.05, 4.69) is 9.55 Å². The van der Waals surface area contributed by atoms with E-state index in [1.54, 1.807) is 12.3 Å². The van der Waals surface area contributed by atoms with Gasteiger partial charge in [-0.3, -0.25) is 9.59 Å². The maximum atomic E-state index is 13.3. The number of piperidine rings is 1. The van der Waals surface area contributed by atoms with Gasteiger partial charge < -0.3 is 26.7 Å². The van der Waals surface area contributed by atoms with Crippen LogP contribution in [0.5, 0.6) is 0 Å². The van der Waals surface area contributed by atoms with Gasteiger partial charge in [-0.15, -0.1) is 0 Å². The molecule has 2 aromatic carbocycles. The first-order valence-electron chi connectivity index (χ1n) is 13.4. The first kappa shape index (κ1) is 26.4. The summed E-state index contributed by atoms with van der Waals surface area (Å²) in [6.45, 7) is 1.79. The van der Waals surface area contributed by atoms with Crippen LogP contribution in [0, 0.1) is 0 Å². The summed E-state index contributed by atoms with van der Waals surface area (Å²) in [5.41, 5.74) is 22.6. The molecule has 0 spiro atoms. The Morgan fingerprint density at radius 2 is 1.79 bits per heavy atom. The fourth-order valence-electron chi connectivity index (χ4n) is 5.41. The van der Waals surface area contributed by atoms with Crippen molar-refractivity contribution in [2.45, 2.75) is 50.6 Å². The molecule has 39 heavy (non-hydrogen) atoms. The Morgan fingerprint density at radius 3 is 2.54 bits per heavy atom. The van der Waals surface area contributed by atoms with Crippen molar-refractivity contribution in [1.82, 2.24) is 19.4 Å². The summed E-state index contributed by atoms with van der Waals surface area (Å²) in [5.74, 6) is 1.22. The van der Waals surface area contributed by atoms with Gasteiger partial charge in [0.05, 0.1) is 11.0 Å². The molecule has 2 aromatic heterocycles. The molecule has 0 radical (unpaired) electrons. The second-order valence-electron chi connectivity index (χ2n) is 10.3. The third-order valence-electron chi connectivity index (χ3n) is 7.41. The van der Waals surface area contributed by atoms with Gasteiger partial charge in [-0.1, -0.05) is 36.4 Å². The lowest BCUT2D eigenvalue weighted by molar-refractivity contribution is -0.132. The third kappa shape index (κ3) is 6.26. The quantitative estimate of drug-likeness (QED) is 0.306. The Morgan fingerprint density at radius 1 is 1.03 bits per heavy atom. The molecule has 9 heteroatoms. The van der Waals surface area contributed by atoms with Gasteiger partial charge in [0.15, 0.2) is 0 Å². The molecule has 1 aliphatic rings. The number of carbonyl (C=O) groups excluding carboxylic acids is 2. The number of nitrogen functional groups attached to an aromatic ring is 1. The summed E-state index contributed by atoms with van der Waals surface area (Å²) in [4.78, 5) is 35.7. The highest BCUT2D eigenvalue weighted by atomic mass is 16.2. The Balaban J connectivity index is 1.22. The van der Waals surface area contributed by atoms with Crippen molar-refractivity contribution in [3.05, 3.63) is 78.2 Å². The minimum Gasteiger partial charge on any atom is -0.384 e. The molecule has 5 rings (SSSR count). The number of nitrogens with zero attached hydrogens (tertiary/aromatic N) is 4. The molecule has 2 amide bonds. The van der Waals surface area contributed by atoms with Crippen molar-refractivity contribution in [3.63, 3.8) is 0 Å². The largest absolute Gasteiger partial charge is 0.384 e. The fraction of sp³-hybridized carbons (Fsp3) is 0.333. The molecule has 9 nitrogen and oxygen atoms in total. The van der Waals surface area contributed by atoms with Gasteiger partial charge in [-0.2, -0.15) is 0 Å². The molecule has 1 aliphatic heterocycles. The highest BCUT2D eigenvalue weighted by Gasteiger charge is 2.29. The van der Waals surface area contributed by atoms with E-state index in [1.807, 2.05) is 59.5 Å². The third-order valence-corrected chi connectivity index (χ3v) is 7.41. The standard InChI is InChI=1S/C30H35N7O2/c31-24(16-20-7-9-21(10-8-20)22-11-12-27(32)34-18-22)17-29(39)36-14-3-4-23(19-36)30-35-25-5-1-2-6-26(25)37(30)15-13-28(33)38/h1-2,5-12,18,23-24H,3-4,13-17,19,31H2,(H2,32,34)(H2,33,38). The Labute approximate surface area is 228 Å². The lowest BCUT2D eigenvalue weighted by Gasteiger charge is -2.33. The van der Waals surface area contributed by atoms with Crippen LogP contribution in [0.2, 0.25) is 0 Å². The number of para-hydroxylation sites is 2. The summed E-state index contributed by atoms with van der Waals surface area (Å²) >= 11 is 0. The van der Waals surface area contributed by atoms with E-state index in [-0.39, 0.29) is 36.6 Å². The molecule has 3 heterocycles. The maximum absolute atomic E-state index is 13.3. The summed E-state index contributed by atoms with van der Waals surface area (Å²) in [7, 11) is 0. The van der Waals surface area contributed by atoms with Crippen LogP contribution in [0.25, 0.3) is 22.2 Å². The van der Waals surface area contributed by atoms with E-state index >= 15 is 0 Å². The number of fused-ring (bicyclic) bond motifs is 1. The average molecular weight is 526 g/mol. The zero-order valence-electron chi connectivity index (χ0n) is 22.0. The predicted molar refractivity (Wildman–Crippen MR) is 152 cm³/mol. The van der Waals surface area contributed by atoms with Crippen LogP contribution in [-0.2, 0) is 22.6 Å². The lowest BCUT2D eigenvalue weighted by Crippen LogP contribution is -2.42. The summed E-state index contributed by atoms with van der Waals surface area (Å²) < 4.78 is 2.09. The number of imidazole rings is 1. The maximum Gasteiger partial charge on any atom is 0.224 e. The monoisotopic (exact) mass is 525 g/mol. The highest BCUT2D eigenvalue weighted by Crippen LogP contribution is 2.30. The number of pyridine rings is 1. The van der Waals surface area contributed by atoms with Crippen molar-refractivity contribution >= 4 is 28.7 Å². The van der Waals surface area contributed by atoms with Crippen molar-refractivity contribution in [3.8, 4) is 11.1 Å². The first-order valence-corrected chi connectivity index (χ1v) is 13.4. The zero-order valence-corrected chi connectivity index (χ0v) is 22.0. The summed E-state index contributed by atoms with van der Waals surface area (Å²) in [6.07, 6.45) is 4.74. The average Bonchev–Trinajstić information content (AvgIpc) is 3.31. The number of carbonyl (C=O) groups is 2. The molecule has 1 saturated heterocycles. The van der Waals surface area contributed by atoms with Crippen LogP contribution < -0.4 is 17.2 Å². The topological polar surface area (TPSA) is 146 Å². The van der Waals surface area contributed by atoms with Crippen LogP contribution in [0.3, 0.4) is 0 Å². The molecule has 0 saturated carbocycles. The molecule has 6 N–H and O–H groups in total. The van der Waals surface area contributed by atoms with Crippen LogP contribution in [-0.4, -0.2) is 50.4 Å². The molecule has 202 valence electrons. The molecule has 0 bridgehead atoms. The lowest BCUT2D eigenvalue weighted by atomic mass is 9.95. The van der Waals surface area contributed by atoms with Gasteiger partial charge in [-0.05, 0) is 54.7 Å². The van der Waals surface area contributed by atoms with Crippen molar-refractivity contribution in [2.75, 3.05) is 18.8 Å². The zero-order chi connectivity index (χ0) is 27.4. The first-order chi connectivity index (χ1) is 18.9. The van der Waals surface area contributed by atoms with E-state index < -0.39 is 0 Å². The number of rotatable bonds is 9. The number of aryl methyl sites for hydroxylation is 1. The number of amides is 2. The number of nitrogens with two attached hydrogens (primary N) is 3.